The highest BCUT2D eigenvalue weighted by Gasteiger charge is 2.30. The zero-order valence-electron chi connectivity index (χ0n) is 16.3. The molecule has 0 radical (unpaired) electrons. The smallest absolute Gasteiger partial charge is 0.345 e. The Kier molecular flexibility index (Phi) is 5.53. The standard InChI is InChI=1S/C19H27N5O3/c1-13(2)24-17(21-22(3)19(24)26)14-6-5-11-23(12-14)18(25)20-15-7-9-16(27-4)10-8-15/h7-10,13-14H,5-6,11-12H2,1-4H3,(H,20,25). The third-order valence-corrected chi connectivity index (χ3v) is 4.91. The van der Waals surface area contributed by atoms with E-state index < -0.39 is 0 Å². The normalized spacial score (nSPS) is 17.2. The van der Waals surface area contributed by atoms with Gasteiger partial charge in [0.2, 0.25) is 0 Å². The number of nitrogens with zero attached hydrogens (tertiary/aromatic N) is 4. The number of hydrogen-bond donors (Lipinski definition) is 1. The maximum Gasteiger partial charge on any atom is 0.345 e. The van der Waals surface area contributed by atoms with E-state index in [4.69, 9.17) is 4.74 Å². The molecule has 8 nitrogen and oxygen atoms in total. The first-order valence-corrected chi connectivity index (χ1v) is 9.26. The maximum absolute atomic E-state index is 12.7. The fraction of sp³-hybridized carbons (Fsp3) is 0.526. The highest BCUT2D eigenvalue weighted by atomic mass is 16.5. The second-order valence-electron chi connectivity index (χ2n) is 7.17. The highest BCUT2D eigenvalue weighted by molar-refractivity contribution is 5.89. The van der Waals surface area contributed by atoms with Crippen molar-refractivity contribution < 1.29 is 9.53 Å². The van der Waals surface area contributed by atoms with Gasteiger partial charge in [-0.25, -0.2) is 14.3 Å². The zero-order chi connectivity index (χ0) is 19.6. The first-order valence-electron chi connectivity index (χ1n) is 9.26. The van der Waals surface area contributed by atoms with Gasteiger partial charge in [-0.3, -0.25) is 4.57 Å². The van der Waals surface area contributed by atoms with Gasteiger partial charge in [0.15, 0.2) is 0 Å². The molecule has 3 rings (SSSR count). The summed E-state index contributed by atoms with van der Waals surface area (Å²) < 4.78 is 8.25. The quantitative estimate of drug-likeness (QED) is 0.893. The number of urea groups is 1. The lowest BCUT2D eigenvalue weighted by atomic mass is 9.97. The van der Waals surface area contributed by atoms with Gasteiger partial charge in [0.05, 0.1) is 7.11 Å². The van der Waals surface area contributed by atoms with Crippen molar-refractivity contribution in [1.82, 2.24) is 19.2 Å². The van der Waals surface area contributed by atoms with E-state index in [9.17, 15) is 9.59 Å². The molecule has 1 atom stereocenters. The molecule has 1 aliphatic rings. The van der Waals surface area contributed by atoms with Gasteiger partial charge >= 0.3 is 11.7 Å². The summed E-state index contributed by atoms with van der Waals surface area (Å²) in [5.74, 6) is 1.56. The first-order chi connectivity index (χ1) is 12.9. The summed E-state index contributed by atoms with van der Waals surface area (Å²) in [5, 5.41) is 7.37. The second kappa shape index (κ2) is 7.85. The lowest BCUT2D eigenvalue weighted by Gasteiger charge is -2.32. The van der Waals surface area contributed by atoms with Gasteiger partial charge in [-0.05, 0) is 51.0 Å². The molecule has 1 fully saturated rings. The molecule has 1 saturated heterocycles. The van der Waals surface area contributed by atoms with E-state index in [1.165, 1.54) is 4.68 Å². The van der Waals surface area contributed by atoms with Crippen LogP contribution in [0, 0.1) is 0 Å². The van der Waals surface area contributed by atoms with Crippen molar-refractivity contribution in [2.75, 3.05) is 25.5 Å². The number of piperidine rings is 1. The first kappa shape index (κ1) is 19.0. The number of carbonyl (C=O) groups excluding carboxylic acids is 1. The van der Waals surface area contributed by atoms with Gasteiger partial charge in [0, 0.05) is 37.8 Å². The highest BCUT2D eigenvalue weighted by Crippen LogP contribution is 2.27. The molecule has 146 valence electrons. The fourth-order valence-electron chi connectivity index (χ4n) is 3.51. The Morgan fingerprint density at radius 3 is 2.63 bits per heavy atom. The van der Waals surface area contributed by atoms with Gasteiger partial charge in [-0.15, -0.1) is 0 Å². The number of aromatic nitrogens is 3. The molecule has 1 aliphatic heterocycles. The minimum Gasteiger partial charge on any atom is -0.497 e. The Bertz CT molecular complexity index is 853. The molecule has 27 heavy (non-hydrogen) atoms. The van der Waals surface area contributed by atoms with Gasteiger partial charge < -0.3 is 15.0 Å². The topological polar surface area (TPSA) is 81.4 Å². The number of ether oxygens (including phenoxy) is 1. The number of benzene rings is 1. The second-order valence-corrected chi connectivity index (χ2v) is 7.17. The number of anilines is 1. The van der Waals surface area contributed by atoms with E-state index in [1.807, 2.05) is 38.1 Å². The van der Waals surface area contributed by atoms with Crippen LogP contribution in [-0.4, -0.2) is 45.5 Å². The van der Waals surface area contributed by atoms with Crippen LogP contribution in [0.4, 0.5) is 10.5 Å². The average molecular weight is 373 g/mol. The third-order valence-electron chi connectivity index (χ3n) is 4.91. The molecular formula is C19H27N5O3. The SMILES string of the molecule is COc1ccc(NC(=O)N2CCCC(c3nn(C)c(=O)n3C(C)C)C2)cc1. The largest absolute Gasteiger partial charge is 0.497 e. The van der Waals surface area contributed by atoms with Crippen LogP contribution >= 0.6 is 0 Å². The van der Waals surface area contributed by atoms with Crippen molar-refractivity contribution in [3.05, 3.63) is 40.6 Å². The molecule has 0 saturated carbocycles. The number of nitrogens with one attached hydrogen (secondary N) is 1. The summed E-state index contributed by atoms with van der Waals surface area (Å²) in [5.41, 5.74) is 0.611. The van der Waals surface area contributed by atoms with E-state index in [0.29, 0.717) is 13.1 Å². The molecule has 2 amide bonds. The van der Waals surface area contributed by atoms with E-state index in [-0.39, 0.29) is 23.7 Å². The molecule has 2 aromatic rings. The third kappa shape index (κ3) is 3.99. The summed E-state index contributed by atoms with van der Waals surface area (Å²) >= 11 is 0. The Morgan fingerprint density at radius 2 is 2.00 bits per heavy atom. The van der Waals surface area contributed by atoms with E-state index >= 15 is 0 Å². The number of hydrogen-bond acceptors (Lipinski definition) is 4. The molecule has 8 heteroatoms. The van der Waals surface area contributed by atoms with Crippen LogP contribution in [0.1, 0.15) is 44.5 Å². The fourth-order valence-corrected chi connectivity index (χ4v) is 3.51. The Balaban J connectivity index is 1.73. The summed E-state index contributed by atoms with van der Waals surface area (Å²) in [7, 11) is 3.28. The number of likely N-dealkylation sites (tertiary alicyclic amines) is 1. The number of aryl methyl sites for hydroxylation is 1. The van der Waals surface area contributed by atoms with E-state index in [0.717, 1.165) is 30.1 Å². The summed E-state index contributed by atoms with van der Waals surface area (Å²) in [6, 6.07) is 7.14. The molecular weight excluding hydrogens is 346 g/mol. The number of carbonyl (C=O) groups is 1. The summed E-state index contributed by atoms with van der Waals surface area (Å²) in [4.78, 5) is 26.8. The number of amides is 2. The van der Waals surface area contributed by atoms with Crippen molar-refractivity contribution in [3.63, 3.8) is 0 Å². The maximum atomic E-state index is 12.7. The lowest BCUT2D eigenvalue weighted by molar-refractivity contribution is 0.190. The minimum atomic E-state index is -0.140. The van der Waals surface area contributed by atoms with Crippen molar-refractivity contribution >= 4 is 11.7 Å². The van der Waals surface area contributed by atoms with Gasteiger partial charge in [-0.1, -0.05) is 0 Å². The minimum absolute atomic E-state index is 0.0321. The molecule has 0 spiro atoms. The van der Waals surface area contributed by atoms with Crippen LogP contribution in [-0.2, 0) is 7.05 Å². The molecule has 1 aromatic heterocycles. The van der Waals surface area contributed by atoms with E-state index in [2.05, 4.69) is 10.4 Å². The van der Waals surface area contributed by atoms with Crippen LogP contribution in [0.3, 0.4) is 0 Å². The van der Waals surface area contributed by atoms with Crippen molar-refractivity contribution in [3.8, 4) is 5.75 Å². The van der Waals surface area contributed by atoms with E-state index in [1.54, 1.807) is 23.6 Å². The van der Waals surface area contributed by atoms with Crippen molar-refractivity contribution in [2.24, 2.45) is 7.05 Å². The van der Waals surface area contributed by atoms with Crippen molar-refractivity contribution in [1.29, 1.82) is 0 Å². The Morgan fingerprint density at radius 1 is 1.30 bits per heavy atom. The Hall–Kier alpha value is -2.77. The van der Waals surface area contributed by atoms with Crippen LogP contribution in [0.5, 0.6) is 5.75 Å². The molecule has 0 aliphatic carbocycles. The van der Waals surface area contributed by atoms with Crippen molar-refractivity contribution in [2.45, 2.75) is 38.6 Å². The lowest BCUT2D eigenvalue weighted by Crippen LogP contribution is -2.42. The Labute approximate surface area is 158 Å². The summed E-state index contributed by atoms with van der Waals surface area (Å²) in [6.07, 6.45) is 1.79. The van der Waals surface area contributed by atoms with Crippen LogP contribution in [0.2, 0.25) is 0 Å². The molecule has 1 aromatic carbocycles. The monoisotopic (exact) mass is 373 g/mol. The molecule has 2 heterocycles. The predicted molar refractivity (Wildman–Crippen MR) is 103 cm³/mol. The van der Waals surface area contributed by atoms with Crippen LogP contribution in [0.15, 0.2) is 29.1 Å². The van der Waals surface area contributed by atoms with Gasteiger partial charge in [-0.2, -0.15) is 5.10 Å². The van der Waals surface area contributed by atoms with Gasteiger partial charge in [0.25, 0.3) is 0 Å². The molecule has 1 unspecified atom stereocenters. The summed E-state index contributed by atoms with van der Waals surface area (Å²) in [6.45, 7) is 5.19. The van der Waals surface area contributed by atoms with Gasteiger partial charge in [0.1, 0.15) is 11.6 Å². The predicted octanol–water partition coefficient (Wildman–Crippen LogP) is 2.58. The van der Waals surface area contributed by atoms with Crippen LogP contribution < -0.4 is 15.7 Å². The molecule has 1 N–H and O–H groups in total. The molecule has 0 bridgehead atoms. The van der Waals surface area contributed by atoms with Crippen LogP contribution in [0.25, 0.3) is 0 Å². The number of rotatable bonds is 4. The zero-order valence-corrected chi connectivity index (χ0v) is 16.3. The number of methoxy groups -OCH3 is 1. The average Bonchev–Trinajstić information content (AvgIpc) is 2.97.